The van der Waals surface area contributed by atoms with Gasteiger partial charge in [0.1, 0.15) is 0 Å². The summed E-state index contributed by atoms with van der Waals surface area (Å²) in [6, 6.07) is 8.13. The first kappa shape index (κ1) is 15.8. The lowest BCUT2D eigenvalue weighted by Crippen LogP contribution is -2.43. The maximum absolute atomic E-state index is 12.2. The Bertz CT molecular complexity index is 482. The predicted molar refractivity (Wildman–Crippen MR) is 88.3 cm³/mol. The van der Waals surface area contributed by atoms with Crippen molar-refractivity contribution in [2.75, 3.05) is 20.1 Å². The van der Waals surface area contributed by atoms with Crippen molar-refractivity contribution in [3.8, 4) is 0 Å². The molecule has 0 saturated carbocycles. The number of amides is 1. The fraction of sp³-hybridized carbons (Fsp3) is 0.500. The second-order valence-corrected chi connectivity index (χ2v) is 6.28. The molecule has 0 aromatic heterocycles. The highest BCUT2D eigenvalue weighted by atomic mass is 16.1. The van der Waals surface area contributed by atoms with Crippen LogP contribution < -0.4 is 5.32 Å². The second kappa shape index (κ2) is 7.41. The monoisotopic (exact) mass is 286 g/mol. The summed E-state index contributed by atoms with van der Waals surface area (Å²) in [5.41, 5.74) is 1.88. The quantitative estimate of drug-likeness (QED) is 0.922. The third kappa shape index (κ3) is 5.01. The number of carbonyl (C=O) groups is 1. The highest BCUT2D eigenvalue weighted by Gasteiger charge is 2.18. The van der Waals surface area contributed by atoms with E-state index in [0.717, 1.165) is 37.1 Å². The molecular formula is C18H26N2O. The number of allylic oxidation sites excluding steroid dienone is 1. The van der Waals surface area contributed by atoms with Crippen molar-refractivity contribution >= 4 is 12.0 Å². The van der Waals surface area contributed by atoms with Crippen LogP contribution in [0.5, 0.6) is 0 Å². The summed E-state index contributed by atoms with van der Waals surface area (Å²) in [6.07, 6.45) is 6.34. The standard InChI is InChI=1S/C18H26N2O/c1-14(2)4-5-15-6-8-16(9-7-15)18(21)19-17-10-12-20(3)13-11-17/h4-9,14,17H,10-13H2,1-3H3,(H,19,21)/b5-4+. The van der Waals surface area contributed by atoms with Crippen molar-refractivity contribution in [3.05, 3.63) is 41.5 Å². The molecule has 21 heavy (non-hydrogen) atoms. The molecule has 0 radical (unpaired) electrons. The van der Waals surface area contributed by atoms with Crippen LogP contribution >= 0.6 is 0 Å². The van der Waals surface area contributed by atoms with E-state index >= 15 is 0 Å². The normalized spacial score (nSPS) is 17.5. The van der Waals surface area contributed by atoms with Gasteiger partial charge < -0.3 is 10.2 Å². The summed E-state index contributed by atoms with van der Waals surface area (Å²) in [5.74, 6) is 0.585. The van der Waals surface area contributed by atoms with E-state index in [2.05, 4.69) is 43.3 Å². The van der Waals surface area contributed by atoms with Crippen LogP contribution in [0.3, 0.4) is 0 Å². The number of rotatable bonds is 4. The first-order valence-corrected chi connectivity index (χ1v) is 7.82. The zero-order valence-corrected chi connectivity index (χ0v) is 13.3. The van der Waals surface area contributed by atoms with Crippen LogP contribution in [0.4, 0.5) is 0 Å². The maximum atomic E-state index is 12.2. The van der Waals surface area contributed by atoms with Crippen molar-refractivity contribution in [2.45, 2.75) is 32.7 Å². The molecule has 0 spiro atoms. The van der Waals surface area contributed by atoms with Gasteiger partial charge in [-0.1, -0.05) is 38.1 Å². The van der Waals surface area contributed by atoms with Crippen molar-refractivity contribution in [2.24, 2.45) is 5.92 Å². The average molecular weight is 286 g/mol. The van der Waals surface area contributed by atoms with Crippen LogP contribution in [0.15, 0.2) is 30.3 Å². The van der Waals surface area contributed by atoms with E-state index in [1.165, 1.54) is 0 Å². The Labute approximate surface area is 128 Å². The zero-order valence-electron chi connectivity index (χ0n) is 13.3. The number of hydrogen-bond acceptors (Lipinski definition) is 2. The summed E-state index contributed by atoms with van der Waals surface area (Å²) in [4.78, 5) is 14.5. The number of nitrogens with zero attached hydrogens (tertiary/aromatic N) is 1. The molecular weight excluding hydrogens is 260 g/mol. The van der Waals surface area contributed by atoms with Gasteiger partial charge in [0.15, 0.2) is 0 Å². The fourth-order valence-corrected chi connectivity index (χ4v) is 2.47. The number of carbonyl (C=O) groups excluding carboxylic acids is 1. The molecule has 1 heterocycles. The minimum Gasteiger partial charge on any atom is -0.349 e. The van der Waals surface area contributed by atoms with Crippen LogP contribution in [0, 0.1) is 5.92 Å². The first-order valence-electron chi connectivity index (χ1n) is 7.82. The van der Waals surface area contributed by atoms with Gasteiger partial charge in [0.2, 0.25) is 0 Å². The molecule has 1 saturated heterocycles. The average Bonchev–Trinajstić information content (AvgIpc) is 2.48. The van der Waals surface area contributed by atoms with Gasteiger partial charge >= 0.3 is 0 Å². The van der Waals surface area contributed by atoms with E-state index in [-0.39, 0.29) is 5.91 Å². The smallest absolute Gasteiger partial charge is 0.251 e. The number of nitrogens with one attached hydrogen (secondary N) is 1. The maximum Gasteiger partial charge on any atom is 0.251 e. The van der Waals surface area contributed by atoms with Crippen molar-refractivity contribution in [1.82, 2.24) is 10.2 Å². The van der Waals surface area contributed by atoms with Gasteiger partial charge in [-0.15, -0.1) is 0 Å². The van der Waals surface area contributed by atoms with E-state index in [1.807, 2.05) is 24.3 Å². The lowest BCUT2D eigenvalue weighted by atomic mass is 10.0. The van der Waals surface area contributed by atoms with Gasteiger partial charge in [0, 0.05) is 11.6 Å². The Morgan fingerprint density at radius 3 is 2.43 bits per heavy atom. The molecule has 2 rings (SSSR count). The Kier molecular flexibility index (Phi) is 5.57. The lowest BCUT2D eigenvalue weighted by molar-refractivity contribution is 0.0917. The topological polar surface area (TPSA) is 32.3 Å². The molecule has 1 aliphatic rings. The summed E-state index contributed by atoms with van der Waals surface area (Å²) in [7, 11) is 2.13. The van der Waals surface area contributed by atoms with Crippen LogP contribution in [0.25, 0.3) is 6.08 Å². The minimum atomic E-state index is 0.0453. The molecule has 3 nitrogen and oxygen atoms in total. The molecule has 1 amide bonds. The van der Waals surface area contributed by atoms with Gasteiger partial charge in [-0.3, -0.25) is 4.79 Å². The Morgan fingerprint density at radius 1 is 1.24 bits per heavy atom. The number of hydrogen-bond donors (Lipinski definition) is 1. The summed E-state index contributed by atoms with van der Waals surface area (Å²) < 4.78 is 0. The van der Waals surface area contributed by atoms with E-state index < -0.39 is 0 Å². The minimum absolute atomic E-state index is 0.0453. The number of benzene rings is 1. The molecule has 1 aromatic carbocycles. The van der Waals surface area contributed by atoms with Crippen LogP contribution in [0.2, 0.25) is 0 Å². The summed E-state index contributed by atoms with van der Waals surface area (Å²) in [6.45, 7) is 6.42. The van der Waals surface area contributed by atoms with E-state index in [1.54, 1.807) is 0 Å². The van der Waals surface area contributed by atoms with Crippen molar-refractivity contribution in [1.29, 1.82) is 0 Å². The Morgan fingerprint density at radius 2 is 1.86 bits per heavy atom. The van der Waals surface area contributed by atoms with Crippen LogP contribution in [0.1, 0.15) is 42.6 Å². The lowest BCUT2D eigenvalue weighted by Gasteiger charge is -2.29. The highest BCUT2D eigenvalue weighted by Crippen LogP contribution is 2.11. The SMILES string of the molecule is CC(C)/C=C/c1ccc(C(=O)NC2CCN(C)CC2)cc1. The third-order valence-electron chi connectivity index (χ3n) is 3.90. The molecule has 0 bridgehead atoms. The molecule has 1 N–H and O–H groups in total. The predicted octanol–water partition coefficient (Wildman–Crippen LogP) is 3.18. The third-order valence-corrected chi connectivity index (χ3v) is 3.90. The molecule has 3 heteroatoms. The Hall–Kier alpha value is -1.61. The van der Waals surface area contributed by atoms with Gasteiger partial charge in [-0.25, -0.2) is 0 Å². The molecule has 1 aliphatic heterocycles. The van der Waals surface area contributed by atoms with Crippen LogP contribution in [-0.4, -0.2) is 37.0 Å². The van der Waals surface area contributed by atoms with E-state index in [0.29, 0.717) is 12.0 Å². The van der Waals surface area contributed by atoms with Gasteiger partial charge in [-0.05, 0) is 56.6 Å². The van der Waals surface area contributed by atoms with Gasteiger partial charge in [0.25, 0.3) is 5.91 Å². The zero-order chi connectivity index (χ0) is 15.2. The van der Waals surface area contributed by atoms with Crippen molar-refractivity contribution < 1.29 is 4.79 Å². The van der Waals surface area contributed by atoms with Crippen LogP contribution in [-0.2, 0) is 0 Å². The highest BCUT2D eigenvalue weighted by molar-refractivity contribution is 5.94. The molecule has 0 unspecified atom stereocenters. The molecule has 1 fully saturated rings. The molecule has 114 valence electrons. The molecule has 0 aliphatic carbocycles. The van der Waals surface area contributed by atoms with E-state index in [4.69, 9.17) is 0 Å². The number of piperidine rings is 1. The second-order valence-electron chi connectivity index (χ2n) is 6.28. The summed E-state index contributed by atoms with van der Waals surface area (Å²) in [5, 5.41) is 3.14. The van der Waals surface area contributed by atoms with Crippen molar-refractivity contribution in [3.63, 3.8) is 0 Å². The summed E-state index contributed by atoms with van der Waals surface area (Å²) >= 11 is 0. The van der Waals surface area contributed by atoms with Gasteiger partial charge in [0.05, 0.1) is 0 Å². The van der Waals surface area contributed by atoms with E-state index in [9.17, 15) is 4.79 Å². The molecule has 1 aromatic rings. The fourth-order valence-electron chi connectivity index (χ4n) is 2.47. The number of likely N-dealkylation sites (tertiary alicyclic amines) is 1. The van der Waals surface area contributed by atoms with Gasteiger partial charge in [-0.2, -0.15) is 0 Å². The largest absolute Gasteiger partial charge is 0.349 e. The Balaban J connectivity index is 1.90. The first-order chi connectivity index (χ1) is 10.0. The molecule has 0 atom stereocenters.